The molecule has 0 unspecified atom stereocenters. The Kier molecular flexibility index (Phi) is 15.5. The molecule has 2 aliphatic rings. The maximum absolute atomic E-state index is 11.9. The number of carbonyl (C=O) groups is 2. The number of rotatable bonds is 10. The SMILES string of the molecule is CCOC(=O)c1cccc(Br)n1.CCOC(=O)c1cccc(C2=C(c3cccnc3OC)CCC2)n1.COc1ncccc1C1=C(B(O)O)CCC1. The van der Waals surface area contributed by atoms with Crippen molar-refractivity contribution >= 4 is 51.7 Å². The van der Waals surface area contributed by atoms with Crippen molar-refractivity contribution in [3.63, 3.8) is 0 Å². The lowest BCUT2D eigenvalue weighted by Gasteiger charge is -2.11. The second-order valence-corrected chi connectivity index (χ2v) is 12.2. The monoisotopic (exact) mass is 772 g/mol. The van der Waals surface area contributed by atoms with Gasteiger partial charge in [-0.25, -0.2) is 29.5 Å². The van der Waals surface area contributed by atoms with Crippen molar-refractivity contribution < 1.29 is 38.6 Å². The molecule has 52 heavy (non-hydrogen) atoms. The van der Waals surface area contributed by atoms with Crippen LogP contribution in [0.25, 0.3) is 16.7 Å². The largest absolute Gasteiger partial charge is 0.484 e. The van der Waals surface area contributed by atoms with E-state index in [1.165, 1.54) is 5.57 Å². The Morgan fingerprint density at radius 3 is 1.77 bits per heavy atom. The molecule has 0 aromatic carbocycles. The number of aromatic nitrogens is 4. The molecule has 0 bridgehead atoms. The summed E-state index contributed by atoms with van der Waals surface area (Å²) in [5, 5.41) is 18.6. The topological polar surface area (TPSA) is 163 Å². The van der Waals surface area contributed by atoms with Gasteiger partial charge < -0.3 is 29.0 Å². The van der Waals surface area contributed by atoms with Crippen molar-refractivity contribution in [2.75, 3.05) is 27.4 Å². The van der Waals surface area contributed by atoms with Gasteiger partial charge in [0.15, 0.2) is 0 Å². The average molecular weight is 773 g/mol. The van der Waals surface area contributed by atoms with Crippen molar-refractivity contribution in [3.8, 4) is 11.8 Å². The molecule has 0 radical (unpaired) electrons. The molecule has 0 saturated heterocycles. The smallest absolute Gasteiger partial charge is 0.481 e. The second kappa shape index (κ2) is 20.2. The molecular formula is C38H42BBrN4O8. The van der Waals surface area contributed by atoms with E-state index >= 15 is 0 Å². The average Bonchev–Trinajstić information content (AvgIpc) is 3.87. The molecular weight excluding hydrogens is 731 g/mol. The molecule has 0 spiro atoms. The second-order valence-electron chi connectivity index (χ2n) is 11.4. The zero-order chi connectivity index (χ0) is 37.5. The molecule has 2 aliphatic carbocycles. The Morgan fingerprint density at radius 2 is 1.21 bits per heavy atom. The van der Waals surface area contributed by atoms with Gasteiger partial charge in [0, 0.05) is 23.5 Å². The van der Waals surface area contributed by atoms with Crippen molar-refractivity contribution in [1.29, 1.82) is 0 Å². The number of hydrogen-bond acceptors (Lipinski definition) is 12. The Labute approximate surface area is 312 Å². The van der Waals surface area contributed by atoms with Crippen molar-refractivity contribution in [1.82, 2.24) is 19.9 Å². The number of ether oxygens (including phenoxy) is 4. The van der Waals surface area contributed by atoms with E-state index in [4.69, 9.17) is 18.9 Å². The van der Waals surface area contributed by atoms with Crippen LogP contribution in [-0.2, 0) is 9.47 Å². The summed E-state index contributed by atoms with van der Waals surface area (Å²) in [5.41, 5.74) is 7.32. The lowest BCUT2D eigenvalue weighted by molar-refractivity contribution is 0.0510. The van der Waals surface area contributed by atoms with Gasteiger partial charge in [-0.05, 0) is 139 Å². The first-order chi connectivity index (χ1) is 25.2. The molecule has 14 heteroatoms. The van der Waals surface area contributed by atoms with Crippen LogP contribution in [0.1, 0.15) is 90.2 Å². The van der Waals surface area contributed by atoms with Crippen LogP contribution < -0.4 is 9.47 Å². The minimum atomic E-state index is -1.37. The first kappa shape index (κ1) is 39.9. The Morgan fingerprint density at radius 1 is 0.692 bits per heavy atom. The Hall–Kier alpha value is -4.92. The summed E-state index contributed by atoms with van der Waals surface area (Å²) in [7, 11) is 1.82. The van der Waals surface area contributed by atoms with E-state index in [9.17, 15) is 19.6 Å². The van der Waals surface area contributed by atoms with Crippen LogP contribution in [0.5, 0.6) is 11.8 Å². The van der Waals surface area contributed by atoms with Crippen LogP contribution in [0.3, 0.4) is 0 Å². The van der Waals surface area contributed by atoms with Gasteiger partial charge in [-0.15, -0.1) is 0 Å². The van der Waals surface area contributed by atoms with Crippen LogP contribution in [0, 0.1) is 0 Å². The van der Waals surface area contributed by atoms with Gasteiger partial charge in [0.1, 0.15) is 16.0 Å². The first-order valence-corrected chi connectivity index (χ1v) is 17.7. The lowest BCUT2D eigenvalue weighted by Crippen LogP contribution is -2.15. The van der Waals surface area contributed by atoms with Gasteiger partial charge in [-0.1, -0.05) is 12.1 Å². The normalized spacial score (nSPS) is 13.4. The molecule has 0 fully saturated rings. The van der Waals surface area contributed by atoms with Crippen LogP contribution >= 0.6 is 15.9 Å². The van der Waals surface area contributed by atoms with Gasteiger partial charge in [0.05, 0.1) is 33.1 Å². The summed E-state index contributed by atoms with van der Waals surface area (Å²) < 4.78 is 21.0. The van der Waals surface area contributed by atoms with E-state index in [0.717, 1.165) is 66.5 Å². The van der Waals surface area contributed by atoms with Gasteiger partial charge in [-0.3, -0.25) is 0 Å². The number of nitrogens with zero attached hydrogens (tertiary/aromatic N) is 4. The molecule has 0 saturated carbocycles. The highest BCUT2D eigenvalue weighted by Crippen LogP contribution is 2.41. The summed E-state index contributed by atoms with van der Waals surface area (Å²) in [5.74, 6) is 0.378. The molecule has 0 atom stereocenters. The van der Waals surface area contributed by atoms with Gasteiger partial charge in [0.25, 0.3) is 0 Å². The number of allylic oxidation sites excluding steroid dienone is 4. The van der Waals surface area contributed by atoms with Crippen molar-refractivity contribution in [3.05, 3.63) is 111 Å². The highest BCUT2D eigenvalue weighted by molar-refractivity contribution is 9.10. The lowest BCUT2D eigenvalue weighted by atomic mass is 9.76. The highest BCUT2D eigenvalue weighted by Gasteiger charge is 2.27. The molecule has 272 valence electrons. The molecule has 0 aliphatic heterocycles. The van der Waals surface area contributed by atoms with Crippen LogP contribution in [0.15, 0.2) is 83.1 Å². The molecule has 0 amide bonds. The van der Waals surface area contributed by atoms with E-state index in [-0.39, 0.29) is 5.97 Å². The number of carbonyl (C=O) groups excluding carboxylic acids is 2. The summed E-state index contributed by atoms with van der Waals surface area (Å²) in [4.78, 5) is 39.9. The van der Waals surface area contributed by atoms with E-state index in [0.29, 0.717) is 46.4 Å². The summed E-state index contributed by atoms with van der Waals surface area (Å²) in [6, 6.07) is 18.2. The van der Waals surface area contributed by atoms with E-state index < -0.39 is 13.1 Å². The molecule has 12 nitrogen and oxygen atoms in total. The fraction of sp³-hybridized carbons (Fsp3) is 0.316. The molecule has 2 N–H and O–H groups in total. The first-order valence-electron chi connectivity index (χ1n) is 16.9. The third-order valence-electron chi connectivity index (χ3n) is 8.11. The van der Waals surface area contributed by atoms with Crippen LogP contribution in [-0.4, -0.2) is 76.5 Å². The zero-order valence-electron chi connectivity index (χ0n) is 29.7. The third-order valence-corrected chi connectivity index (χ3v) is 8.55. The molecule has 4 aromatic heterocycles. The fourth-order valence-corrected chi connectivity index (χ4v) is 6.24. The predicted octanol–water partition coefficient (Wildman–Crippen LogP) is 6.82. The summed E-state index contributed by atoms with van der Waals surface area (Å²) >= 11 is 3.16. The molecule has 6 rings (SSSR count). The third kappa shape index (κ3) is 10.6. The van der Waals surface area contributed by atoms with E-state index in [2.05, 4.69) is 35.9 Å². The standard InChI is InChI=1S/C19H20N2O3.C11H14BNO3.C8H8BrNO2/c1-3-24-19(22)17-11-5-10-16(21-17)14-8-4-7-13(14)15-9-6-12-20-18(15)23-2;1-16-11-9(5-3-7-13-11)8-4-2-6-10(8)12(14)15;1-2-12-8(11)6-4-3-5-7(9)10-6/h5-6,9-12H,3-4,7-8H2,1-2H3;3,5,7,14-15H,2,4,6H2,1H3;3-5H,2H2,1H3. The van der Waals surface area contributed by atoms with Crippen molar-refractivity contribution in [2.24, 2.45) is 0 Å². The zero-order valence-corrected chi connectivity index (χ0v) is 31.3. The maximum atomic E-state index is 11.9. The molecule has 4 heterocycles. The number of pyridine rings is 4. The van der Waals surface area contributed by atoms with E-state index in [1.54, 1.807) is 64.7 Å². The fourth-order valence-electron chi connectivity index (χ4n) is 5.90. The van der Waals surface area contributed by atoms with Gasteiger partial charge in [0.2, 0.25) is 11.8 Å². The van der Waals surface area contributed by atoms with Crippen LogP contribution in [0.2, 0.25) is 0 Å². The van der Waals surface area contributed by atoms with Gasteiger partial charge in [-0.2, -0.15) is 0 Å². The Balaban J connectivity index is 0.000000187. The number of halogens is 1. The van der Waals surface area contributed by atoms with Crippen LogP contribution in [0.4, 0.5) is 0 Å². The van der Waals surface area contributed by atoms with Gasteiger partial charge >= 0.3 is 19.1 Å². The van der Waals surface area contributed by atoms with E-state index in [1.807, 2.05) is 36.4 Å². The minimum Gasteiger partial charge on any atom is -0.481 e. The summed E-state index contributed by atoms with van der Waals surface area (Å²) in [6.07, 6.45) is 8.81. The number of hydrogen-bond donors (Lipinski definition) is 2. The predicted molar refractivity (Wildman–Crippen MR) is 201 cm³/mol. The minimum absolute atomic E-state index is 0.325. The van der Waals surface area contributed by atoms with Crippen molar-refractivity contribution in [2.45, 2.75) is 52.4 Å². The maximum Gasteiger partial charge on any atom is 0.484 e. The number of methoxy groups -OCH3 is 2. The highest BCUT2D eigenvalue weighted by atomic mass is 79.9. The number of esters is 2. The summed E-state index contributed by atoms with van der Waals surface area (Å²) in [6.45, 7) is 4.25. The molecule has 4 aromatic rings. The Bertz CT molecular complexity index is 1900. The quantitative estimate of drug-likeness (QED) is 0.0985.